The van der Waals surface area contributed by atoms with Crippen molar-refractivity contribution in [3.63, 3.8) is 0 Å². The SMILES string of the molecule is CCN(CC)C(=O)C1=C(C)NC(=S)N[C@H]1c1ccc(OCC#N)cc1. The van der Waals surface area contributed by atoms with Crippen LogP contribution in [0.4, 0.5) is 0 Å². The van der Waals surface area contributed by atoms with Gasteiger partial charge in [0.25, 0.3) is 5.91 Å². The molecule has 6 nitrogen and oxygen atoms in total. The van der Waals surface area contributed by atoms with E-state index in [4.69, 9.17) is 22.2 Å². The number of amides is 1. The summed E-state index contributed by atoms with van der Waals surface area (Å²) < 4.78 is 5.28. The van der Waals surface area contributed by atoms with Gasteiger partial charge in [-0.05, 0) is 50.7 Å². The second kappa shape index (κ2) is 8.49. The van der Waals surface area contributed by atoms with E-state index in [0.29, 0.717) is 29.5 Å². The van der Waals surface area contributed by atoms with Crippen molar-refractivity contribution in [2.45, 2.75) is 26.8 Å². The lowest BCUT2D eigenvalue weighted by atomic mass is 9.94. The number of allylic oxidation sites excluding steroid dienone is 1. The Labute approximate surface area is 153 Å². The molecule has 1 aliphatic rings. The summed E-state index contributed by atoms with van der Waals surface area (Å²) in [7, 11) is 0. The Balaban J connectivity index is 2.35. The van der Waals surface area contributed by atoms with Crippen molar-refractivity contribution in [3.05, 3.63) is 41.1 Å². The predicted molar refractivity (Wildman–Crippen MR) is 99.8 cm³/mol. The Morgan fingerprint density at radius 3 is 2.52 bits per heavy atom. The van der Waals surface area contributed by atoms with Crippen molar-refractivity contribution < 1.29 is 9.53 Å². The van der Waals surface area contributed by atoms with Gasteiger partial charge in [-0.3, -0.25) is 4.79 Å². The number of hydrogen-bond acceptors (Lipinski definition) is 4. The Morgan fingerprint density at radius 2 is 1.96 bits per heavy atom. The Morgan fingerprint density at radius 1 is 1.32 bits per heavy atom. The van der Waals surface area contributed by atoms with Gasteiger partial charge in [-0.1, -0.05) is 12.1 Å². The Bertz CT molecular complexity index is 718. The van der Waals surface area contributed by atoms with Gasteiger partial charge in [0.15, 0.2) is 11.7 Å². The van der Waals surface area contributed by atoms with Gasteiger partial charge in [-0.2, -0.15) is 5.26 Å². The number of hydrogen-bond donors (Lipinski definition) is 2. The number of thiocarbonyl (C=S) groups is 1. The summed E-state index contributed by atoms with van der Waals surface area (Å²) in [6.45, 7) is 7.07. The third kappa shape index (κ3) is 4.28. The zero-order chi connectivity index (χ0) is 18.4. The third-order valence-corrected chi connectivity index (χ3v) is 4.29. The fourth-order valence-electron chi connectivity index (χ4n) is 2.78. The molecule has 0 bridgehead atoms. The van der Waals surface area contributed by atoms with Crippen LogP contribution in [0.3, 0.4) is 0 Å². The molecule has 0 aromatic heterocycles. The molecule has 1 atom stereocenters. The lowest BCUT2D eigenvalue weighted by Gasteiger charge is -2.33. The van der Waals surface area contributed by atoms with Crippen molar-refractivity contribution in [1.82, 2.24) is 15.5 Å². The van der Waals surface area contributed by atoms with Crippen LogP contribution in [0.25, 0.3) is 0 Å². The van der Waals surface area contributed by atoms with Crippen LogP contribution in [0.2, 0.25) is 0 Å². The minimum atomic E-state index is -0.327. The second-order valence-corrected chi connectivity index (χ2v) is 5.97. The molecule has 132 valence electrons. The average molecular weight is 358 g/mol. The summed E-state index contributed by atoms with van der Waals surface area (Å²) in [6.07, 6.45) is 0. The number of nitriles is 1. The van der Waals surface area contributed by atoms with Crippen molar-refractivity contribution in [1.29, 1.82) is 5.26 Å². The average Bonchev–Trinajstić information content (AvgIpc) is 2.60. The third-order valence-electron chi connectivity index (χ3n) is 4.07. The van der Waals surface area contributed by atoms with Gasteiger partial charge in [0.1, 0.15) is 11.8 Å². The monoisotopic (exact) mass is 358 g/mol. The standard InChI is InChI=1S/C18H22N4O2S/c1-4-22(5-2)17(23)15-12(3)20-18(25)21-16(15)13-6-8-14(9-7-13)24-11-10-19/h6-9,16H,4-5,11H2,1-3H3,(H2,20,21,25)/t16-/m0/s1. The largest absolute Gasteiger partial charge is 0.479 e. The molecule has 1 aromatic carbocycles. The molecule has 0 unspecified atom stereocenters. The van der Waals surface area contributed by atoms with E-state index in [2.05, 4.69) is 10.6 Å². The lowest BCUT2D eigenvalue weighted by Crippen LogP contribution is -2.47. The molecule has 1 heterocycles. The first-order valence-corrected chi connectivity index (χ1v) is 8.59. The summed E-state index contributed by atoms with van der Waals surface area (Å²) in [5, 5.41) is 15.3. The molecule has 7 heteroatoms. The van der Waals surface area contributed by atoms with Crippen molar-refractivity contribution in [2.75, 3.05) is 19.7 Å². The summed E-state index contributed by atoms with van der Waals surface area (Å²) in [4.78, 5) is 14.7. The van der Waals surface area contributed by atoms with Crippen molar-refractivity contribution in [2.24, 2.45) is 0 Å². The van der Waals surface area contributed by atoms with Gasteiger partial charge in [0.05, 0.1) is 11.6 Å². The molecule has 2 N–H and O–H groups in total. The van der Waals surface area contributed by atoms with E-state index < -0.39 is 0 Å². The van der Waals surface area contributed by atoms with E-state index in [0.717, 1.165) is 11.3 Å². The maximum absolute atomic E-state index is 13.0. The van der Waals surface area contributed by atoms with E-state index in [1.807, 2.05) is 39.0 Å². The molecular formula is C18H22N4O2S. The number of nitrogens with zero attached hydrogens (tertiary/aromatic N) is 2. The highest BCUT2D eigenvalue weighted by molar-refractivity contribution is 7.80. The Hall–Kier alpha value is -2.59. The highest BCUT2D eigenvalue weighted by atomic mass is 32.1. The topological polar surface area (TPSA) is 77.4 Å². The zero-order valence-corrected chi connectivity index (χ0v) is 15.4. The summed E-state index contributed by atoms with van der Waals surface area (Å²) >= 11 is 5.26. The molecule has 2 rings (SSSR count). The van der Waals surface area contributed by atoms with Crippen LogP contribution in [0.5, 0.6) is 5.75 Å². The van der Waals surface area contributed by atoms with Gasteiger partial charge in [0.2, 0.25) is 0 Å². The first kappa shape index (κ1) is 18.7. The van der Waals surface area contributed by atoms with Crippen LogP contribution < -0.4 is 15.4 Å². The first-order chi connectivity index (χ1) is 12.0. The van der Waals surface area contributed by atoms with Gasteiger partial charge in [-0.25, -0.2) is 0 Å². The highest BCUT2D eigenvalue weighted by Crippen LogP contribution is 2.29. The van der Waals surface area contributed by atoms with E-state index in [1.165, 1.54) is 0 Å². The van der Waals surface area contributed by atoms with Crippen LogP contribution in [0.15, 0.2) is 35.5 Å². The normalized spacial score (nSPS) is 16.6. The predicted octanol–water partition coefficient (Wildman–Crippen LogP) is 2.25. The fourth-order valence-corrected chi connectivity index (χ4v) is 3.05. The van der Waals surface area contributed by atoms with Crippen molar-refractivity contribution >= 4 is 23.2 Å². The summed E-state index contributed by atoms with van der Waals surface area (Å²) in [6, 6.07) is 8.93. The molecule has 1 aromatic rings. The van der Waals surface area contributed by atoms with Crippen LogP contribution in [-0.4, -0.2) is 35.6 Å². The minimum Gasteiger partial charge on any atom is -0.479 e. The van der Waals surface area contributed by atoms with Crippen LogP contribution in [-0.2, 0) is 4.79 Å². The van der Waals surface area contributed by atoms with E-state index in [-0.39, 0.29) is 18.6 Å². The number of rotatable bonds is 6. The minimum absolute atomic E-state index is 0.000260. The highest BCUT2D eigenvalue weighted by Gasteiger charge is 2.31. The van der Waals surface area contributed by atoms with E-state index in [1.54, 1.807) is 17.0 Å². The van der Waals surface area contributed by atoms with Gasteiger partial charge < -0.3 is 20.3 Å². The van der Waals surface area contributed by atoms with Gasteiger partial charge in [0, 0.05) is 18.8 Å². The molecule has 0 aliphatic carbocycles. The van der Waals surface area contributed by atoms with Crippen LogP contribution >= 0.6 is 12.2 Å². The molecule has 0 fully saturated rings. The number of benzene rings is 1. The molecule has 25 heavy (non-hydrogen) atoms. The van der Waals surface area contributed by atoms with Crippen molar-refractivity contribution in [3.8, 4) is 11.8 Å². The Kier molecular flexibility index (Phi) is 6.37. The smallest absolute Gasteiger partial charge is 0.253 e. The maximum Gasteiger partial charge on any atom is 0.253 e. The van der Waals surface area contributed by atoms with Gasteiger partial charge >= 0.3 is 0 Å². The number of likely N-dealkylation sites (N-methyl/N-ethyl adjacent to an activating group) is 1. The molecule has 1 amide bonds. The summed E-state index contributed by atoms with van der Waals surface area (Å²) in [5.41, 5.74) is 2.32. The quantitative estimate of drug-likeness (QED) is 0.760. The lowest BCUT2D eigenvalue weighted by molar-refractivity contribution is -0.127. The van der Waals surface area contributed by atoms with E-state index in [9.17, 15) is 4.79 Å². The number of carbonyl (C=O) groups excluding carboxylic acids is 1. The molecule has 0 spiro atoms. The molecular weight excluding hydrogens is 336 g/mol. The van der Waals surface area contributed by atoms with E-state index >= 15 is 0 Å². The molecule has 0 saturated heterocycles. The maximum atomic E-state index is 13.0. The van der Waals surface area contributed by atoms with Gasteiger partial charge in [-0.15, -0.1) is 0 Å². The van der Waals surface area contributed by atoms with Crippen LogP contribution in [0.1, 0.15) is 32.4 Å². The molecule has 0 radical (unpaired) electrons. The van der Waals surface area contributed by atoms with Crippen LogP contribution in [0, 0.1) is 11.3 Å². The molecule has 0 saturated carbocycles. The number of carbonyl (C=O) groups is 1. The fraction of sp³-hybridized carbons (Fsp3) is 0.389. The number of nitrogens with one attached hydrogen (secondary N) is 2. The number of ether oxygens (including phenoxy) is 1. The first-order valence-electron chi connectivity index (χ1n) is 8.19. The zero-order valence-electron chi connectivity index (χ0n) is 14.6. The second-order valence-electron chi connectivity index (χ2n) is 5.56. The molecule has 1 aliphatic heterocycles. The summed E-state index contributed by atoms with van der Waals surface area (Å²) in [5.74, 6) is 0.596.